The number of hydrogen-bond acceptors (Lipinski definition) is 13. The molecule has 6 unspecified atom stereocenters. The molecule has 6 rings (SSSR count). The second-order valence-electron chi connectivity index (χ2n) is 17.0. The van der Waals surface area contributed by atoms with Crippen LogP contribution < -0.4 is 5.32 Å². The van der Waals surface area contributed by atoms with Gasteiger partial charge in [0.15, 0.2) is 0 Å². The first-order valence-corrected chi connectivity index (χ1v) is 21.3. The van der Waals surface area contributed by atoms with Crippen LogP contribution in [0.3, 0.4) is 0 Å². The van der Waals surface area contributed by atoms with Gasteiger partial charge in [0.1, 0.15) is 22.6 Å². The molecule has 15 heteroatoms. The van der Waals surface area contributed by atoms with E-state index in [-0.39, 0.29) is 12.2 Å². The Morgan fingerprint density at radius 1 is 0.627 bits per heavy atom. The van der Waals surface area contributed by atoms with Gasteiger partial charge in [0.05, 0.1) is 51.0 Å². The van der Waals surface area contributed by atoms with Gasteiger partial charge in [-0.1, -0.05) is 84.9 Å². The quantitative estimate of drug-likeness (QED) is 0.0552. The molecule has 2 aromatic carbocycles. The van der Waals surface area contributed by atoms with Crippen LogP contribution in [-0.4, -0.2) is 79.7 Å². The molecule has 0 amide bonds. The molecule has 0 spiro atoms. The minimum absolute atomic E-state index is 0.0738. The lowest BCUT2D eigenvalue weighted by Crippen LogP contribution is -2.46. The fourth-order valence-corrected chi connectivity index (χ4v) is 7.09. The number of benzene rings is 2. The molecule has 2 aliphatic rings. The Bertz CT molecular complexity index is 1650. The minimum atomic E-state index is -0.522. The van der Waals surface area contributed by atoms with Crippen molar-refractivity contribution in [2.24, 2.45) is 11.8 Å². The fourth-order valence-electron chi connectivity index (χ4n) is 7.09. The Kier molecular flexibility index (Phi) is 17.0. The van der Waals surface area contributed by atoms with E-state index in [0.717, 1.165) is 74.1 Å². The highest BCUT2D eigenvalue weighted by Crippen LogP contribution is 2.38. The summed E-state index contributed by atoms with van der Waals surface area (Å²) in [5.41, 5.74) is 2.51. The summed E-state index contributed by atoms with van der Waals surface area (Å²) in [4.78, 5) is 22.6. The van der Waals surface area contributed by atoms with E-state index in [1.807, 2.05) is 110 Å². The van der Waals surface area contributed by atoms with Crippen LogP contribution in [0.2, 0.25) is 0 Å². The molecule has 0 radical (unpaired) electrons. The maximum absolute atomic E-state index is 6.33. The molecule has 2 aliphatic heterocycles. The summed E-state index contributed by atoms with van der Waals surface area (Å²) in [6.07, 6.45) is 8.49. The second kappa shape index (κ2) is 22.3. The molecule has 6 atom stereocenters. The smallest absolute Gasteiger partial charge is 0.217 e. The van der Waals surface area contributed by atoms with Crippen molar-refractivity contribution in [1.82, 2.24) is 35.3 Å². The van der Waals surface area contributed by atoms with Crippen molar-refractivity contribution < 1.29 is 38.5 Å². The van der Waals surface area contributed by atoms with Gasteiger partial charge in [0.25, 0.3) is 0 Å². The Balaban J connectivity index is 0.764. The Labute approximate surface area is 349 Å². The monoisotopic (exact) mass is 819 g/mol. The van der Waals surface area contributed by atoms with Gasteiger partial charge in [-0.15, -0.1) is 10.2 Å². The molecular formula is C44H65N7O8. The van der Waals surface area contributed by atoms with Gasteiger partial charge < -0.3 is 24.3 Å². The van der Waals surface area contributed by atoms with Gasteiger partial charge in [0, 0.05) is 37.3 Å². The number of nitrogens with zero attached hydrogens (tertiary/aromatic N) is 6. The first-order chi connectivity index (χ1) is 28.5. The maximum atomic E-state index is 6.33. The maximum Gasteiger partial charge on any atom is 0.217 e. The number of aromatic nitrogens is 6. The molecular weight excluding hydrogens is 755 g/mol. The summed E-state index contributed by atoms with van der Waals surface area (Å²) in [5, 5.41) is 20.6. The molecule has 0 aliphatic carbocycles. The minimum Gasteiger partial charge on any atom is -0.374 e. The van der Waals surface area contributed by atoms with E-state index in [2.05, 4.69) is 39.8 Å². The summed E-state index contributed by atoms with van der Waals surface area (Å²) in [7, 11) is 0. The largest absolute Gasteiger partial charge is 0.374 e. The van der Waals surface area contributed by atoms with Crippen LogP contribution in [0.5, 0.6) is 0 Å². The number of rotatable bonds is 24. The predicted molar refractivity (Wildman–Crippen MR) is 219 cm³/mol. The van der Waals surface area contributed by atoms with Crippen LogP contribution in [0.25, 0.3) is 0 Å². The zero-order valence-corrected chi connectivity index (χ0v) is 35.7. The topological polar surface area (TPSA) is 147 Å². The van der Waals surface area contributed by atoms with Crippen LogP contribution in [0, 0.1) is 11.8 Å². The molecule has 2 aromatic heterocycles. The summed E-state index contributed by atoms with van der Waals surface area (Å²) >= 11 is 0. The van der Waals surface area contributed by atoms with Gasteiger partial charge in [-0.3, -0.25) is 9.36 Å². The number of aryl methyl sites for hydroxylation is 2. The third-order valence-corrected chi connectivity index (χ3v) is 11.0. The van der Waals surface area contributed by atoms with Crippen molar-refractivity contribution in [3.63, 3.8) is 0 Å². The molecule has 4 heterocycles. The lowest BCUT2D eigenvalue weighted by atomic mass is 9.92. The molecule has 324 valence electrons. The zero-order valence-electron chi connectivity index (χ0n) is 35.7. The third kappa shape index (κ3) is 14.2. The average Bonchev–Trinajstić information content (AvgIpc) is 3.90. The highest BCUT2D eigenvalue weighted by Gasteiger charge is 2.42. The summed E-state index contributed by atoms with van der Waals surface area (Å²) in [5.74, 6) is 0.960. The van der Waals surface area contributed by atoms with Crippen LogP contribution >= 0.6 is 0 Å². The second-order valence-corrected chi connectivity index (χ2v) is 17.0. The van der Waals surface area contributed by atoms with Crippen molar-refractivity contribution >= 4 is 0 Å². The first-order valence-electron chi connectivity index (χ1n) is 21.3. The number of hydrogen-bond donors (Lipinski definition) is 1. The highest BCUT2D eigenvalue weighted by molar-refractivity contribution is 5.17. The predicted octanol–water partition coefficient (Wildman–Crippen LogP) is 7.45. The molecule has 1 N–H and O–H groups in total. The van der Waals surface area contributed by atoms with Crippen molar-refractivity contribution in [2.45, 2.75) is 142 Å². The molecule has 59 heavy (non-hydrogen) atoms. The Morgan fingerprint density at radius 3 is 1.47 bits per heavy atom. The number of ether oxygens (including phenoxy) is 4. The molecule has 0 saturated carbocycles. The van der Waals surface area contributed by atoms with Crippen LogP contribution in [0.4, 0.5) is 0 Å². The molecule has 0 bridgehead atoms. The van der Waals surface area contributed by atoms with Gasteiger partial charge in [-0.2, -0.15) is 9.78 Å². The first kappa shape index (κ1) is 44.9. The van der Waals surface area contributed by atoms with E-state index >= 15 is 0 Å². The zero-order chi connectivity index (χ0) is 41.5. The van der Waals surface area contributed by atoms with Crippen LogP contribution in [0.15, 0.2) is 73.1 Å². The van der Waals surface area contributed by atoms with Crippen molar-refractivity contribution in [2.75, 3.05) is 26.3 Å². The molecule has 15 nitrogen and oxygen atoms in total. The van der Waals surface area contributed by atoms with Gasteiger partial charge in [-0.05, 0) is 78.1 Å². The lowest BCUT2D eigenvalue weighted by Gasteiger charge is -2.41. The molecule has 2 fully saturated rings. The standard InChI is InChI=1S/C44H65N7O8/c1-33(17-19-39-43(3,4)58-56-41(54-39)35-13-9-7-10-14-35)21-25-50-29-37(46-48-50)31-52-27-23-45-24-28-53-32-38-30-51(49-47-38)26-22-34(2)18-20-40-44(5,6)59-57-42(55-40)36-15-11-8-12-16-36/h7-16,29-30,33-34,39-42,45H,17-28,31-32H2,1-6H3. The Morgan fingerprint density at radius 2 is 1.05 bits per heavy atom. The summed E-state index contributed by atoms with van der Waals surface area (Å²) < 4.78 is 28.1. The number of nitrogens with one attached hydrogen (secondary N) is 1. The normalized spacial score (nSPS) is 22.6. The average molecular weight is 820 g/mol. The lowest BCUT2D eigenvalue weighted by molar-refractivity contribution is -0.487. The van der Waals surface area contributed by atoms with Gasteiger partial charge in [0.2, 0.25) is 12.6 Å². The van der Waals surface area contributed by atoms with Gasteiger partial charge >= 0.3 is 0 Å². The fraction of sp³-hybridized carbons (Fsp3) is 0.636. The molecule has 2 saturated heterocycles. The Hall–Kier alpha value is -3.64. The van der Waals surface area contributed by atoms with Crippen LogP contribution in [-0.2, 0) is 64.8 Å². The molecule has 4 aromatic rings. The van der Waals surface area contributed by atoms with Gasteiger partial charge in [-0.25, -0.2) is 9.78 Å². The highest BCUT2D eigenvalue weighted by atomic mass is 17.2. The van der Waals surface area contributed by atoms with E-state index in [0.29, 0.717) is 51.4 Å². The SMILES string of the molecule is CC(CCC1OC(c2ccccc2)OOC1(C)C)CCn1cc(COCCNCCOCc2cn(CCC(C)CCC3OC(c4ccccc4)OOC3(C)C)nn2)nn1. The van der Waals surface area contributed by atoms with E-state index < -0.39 is 23.8 Å². The summed E-state index contributed by atoms with van der Waals surface area (Å²) in [6.45, 7) is 17.6. The van der Waals surface area contributed by atoms with E-state index in [4.69, 9.17) is 38.5 Å². The third-order valence-electron chi connectivity index (χ3n) is 11.0. The van der Waals surface area contributed by atoms with E-state index in [1.165, 1.54) is 0 Å². The van der Waals surface area contributed by atoms with E-state index in [9.17, 15) is 0 Å². The van der Waals surface area contributed by atoms with Crippen molar-refractivity contribution in [3.8, 4) is 0 Å². The van der Waals surface area contributed by atoms with Crippen LogP contribution in [0.1, 0.15) is 115 Å². The van der Waals surface area contributed by atoms with Crippen molar-refractivity contribution in [3.05, 3.63) is 95.6 Å². The van der Waals surface area contributed by atoms with Crippen molar-refractivity contribution in [1.29, 1.82) is 0 Å². The van der Waals surface area contributed by atoms with E-state index in [1.54, 1.807) is 0 Å². The summed E-state index contributed by atoms with van der Waals surface area (Å²) in [6, 6.07) is 19.8.